The maximum atomic E-state index is 12.0. The first-order chi connectivity index (χ1) is 10.3. The molecule has 0 bridgehead atoms. The van der Waals surface area contributed by atoms with E-state index >= 15 is 0 Å². The lowest BCUT2D eigenvalue weighted by Crippen LogP contribution is -2.40. The van der Waals surface area contributed by atoms with Gasteiger partial charge in [0.25, 0.3) is 0 Å². The van der Waals surface area contributed by atoms with Crippen molar-refractivity contribution in [3.05, 3.63) is 0 Å². The van der Waals surface area contributed by atoms with E-state index in [0.717, 1.165) is 0 Å². The molecule has 0 spiro atoms. The summed E-state index contributed by atoms with van der Waals surface area (Å²) < 4.78 is 0. The SMILES string of the molecule is CC(C)C(C)NC(=O)CCCC(=O)N1CCC(C(=O)O)CC1. The van der Waals surface area contributed by atoms with Crippen molar-refractivity contribution in [2.45, 2.75) is 58.9 Å². The molecule has 6 heteroatoms. The monoisotopic (exact) mass is 312 g/mol. The van der Waals surface area contributed by atoms with Crippen LogP contribution in [-0.2, 0) is 14.4 Å². The Balaban J connectivity index is 2.21. The number of nitrogens with zero attached hydrogens (tertiary/aromatic N) is 1. The number of hydrogen-bond donors (Lipinski definition) is 2. The fourth-order valence-electron chi connectivity index (χ4n) is 2.43. The second-order valence-electron chi connectivity index (χ2n) is 6.45. The van der Waals surface area contributed by atoms with Crippen molar-refractivity contribution in [1.82, 2.24) is 10.2 Å². The first kappa shape index (κ1) is 18.5. The van der Waals surface area contributed by atoms with Crippen LogP contribution in [0.4, 0.5) is 0 Å². The Morgan fingerprint density at radius 2 is 1.73 bits per heavy atom. The smallest absolute Gasteiger partial charge is 0.306 e. The van der Waals surface area contributed by atoms with Gasteiger partial charge in [-0.1, -0.05) is 13.8 Å². The molecule has 0 aliphatic carbocycles. The van der Waals surface area contributed by atoms with E-state index in [4.69, 9.17) is 5.11 Å². The lowest BCUT2D eigenvalue weighted by atomic mass is 9.97. The molecule has 1 saturated heterocycles. The van der Waals surface area contributed by atoms with Gasteiger partial charge < -0.3 is 15.3 Å². The molecule has 22 heavy (non-hydrogen) atoms. The molecule has 0 aromatic heterocycles. The van der Waals surface area contributed by atoms with Crippen LogP contribution in [0.15, 0.2) is 0 Å². The molecule has 2 amide bonds. The molecule has 1 fully saturated rings. The second-order valence-corrected chi connectivity index (χ2v) is 6.45. The van der Waals surface area contributed by atoms with Gasteiger partial charge in [0, 0.05) is 32.0 Å². The minimum atomic E-state index is -0.775. The highest BCUT2D eigenvalue weighted by Gasteiger charge is 2.26. The number of amides is 2. The van der Waals surface area contributed by atoms with Gasteiger partial charge in [-0.15, -0.1) is 0 Å². The Labute approximate surface area is 132 Å². The van der Waals surface area contributed by atoms with E-state index in [2.05, 4.69) is 19.2 Å². The number of likely N-dealkylation sites (tertiary alicyclic amines) is 1. The number of aliphatic carboxylic acids is 1. The number of carboxylic acids is 1. The van der Waals surface area contributed by atoms with Crippen molar-refractivity contribution in [3.63, 3.8) is 0 Å². The third-order valence-electron chi connectivity index (χ3n) is 4.38. The van der Waals surface area contributed by atoms with Gasteiger partial charge in [0.05, 0.1) is 5.92 Å². The average Bonchev–Trinajstić information content (AvgIpc) is 2.46. The fraction of sp³-hybridized carbons (Fsp3) is 0.812. The van der Waals surface area contributed by atoms with E-state index in [1.165, 1.54) is 0 Å². The van der Waals surface area contributed by atoms with Crippen LogP contribution >= 0.6 is 0 Å². The van der Waals surface area contributed by atoms with Gasteiger partial charge >= 0.3 is 5.97 Å². The number of nitrogens with one attached hydrogen (secondary N) is 1. The van der Waals surface area contributed by atoms with Crippen LogP contribution in [0.3, 0.4) is 0 Å². The minimum Gasteiger partial charge on any atom is -0.481 e. The number of rotatable bonds is 7. The summed E-state index contributed by atoms with van der Waals surface area (Å²) in [6, 6.07) is 0.137. The van der Waals surface area contributed by atoms with Crippen molar-refractivity contribution < 1.29 is 19.5 Å². The highest BCUT2D eigenvalue weighted by atomic mass is 16.4. The highest BCUT2D eigenvalue weighted by molar-refractivity contribution is 5.79. The van der Waals surface area contributed by atoms with E-state index in [1.807, 2.05) is 6.92 Å². The van der Waals surface area contributed by atoms with E-state index in [1.54, 1.807) is 4.90 Å². The van der Waals surface area contributed by atoms with Crippen molar-refractivity contribution in [2.24, 2.45) is 11.8 Å². The summed E-state index contributed by atoms with van der Waals surface area (Å²) in [5.41, 5.74) is 0. The van der Waals surface area contributed by atoms with Gasteiger partial charge in [-0.3, -0.25) is 14.4 Å². The topological polar surface area (TPSA) is 86.7 Å². The summed E-state index contributed by atoms with van der Waals surface area (Å²) in [7, 11) is 0. The Kier molecular flexibility index (Phi) is 7.35. The Morgan fingerprint density at radius 3 is 2.23 bits per heavy atom. The molecule has 1 rings (SSSR count). The van der Waals surface area contributed by atoms with E-state index in [0.29, 0.717) is 51.1 Å². The van der Waals surface area contributed by atoms with Crippen molar-refractivity contribution >= 4 is 17.8 Å². The van der Waals surface area contributed by atoms with E-state index in [-0.39, 0.29) is 23.8 Å². The number of carboxylic acid groups (broad SMARTS) is 1. The molecule has 1 atom stereocenters. The van der Waals surface area contributed by atoms with Gasteiger partial charge in [0.15, 0.2) is 0 Å². The number of piperidine rings is 1. The van der Waals surface area contributed by atoms with Gasteiger partial charge in [-0.05, 0) is 32.1 Å². The molecule has 0 radical (unpaired) electrons. The predicted octanol–water partition coefficient (Wildman–Crippen LogP) is 1.64. The van der Waals surface area contributed by atoms with Gasteiger partial charge in [-0.2, -0.15) is 0 Å². The molecule has 6 nitrogen and oxygen atoms in total. The van der Waals surface area contributed by atoms with Crippen LogP contribution in [-0.4, -0.2) is 46.9 Å². The Bertz CT molecular complexity index is 401. The predicted molar refractivity (Wildman–Crippen MR) is 83.2 cm³/mol. The van der Waals surface area contributed by atoms with Crippen molar-refractivity contribution in [3.8, 4) is 0 Å². The third kappa shape index (κ3) is 6.03. The lowest BCUT2D eigenvalue weighted by Gasteiger charge is -2.30. The Morgan fingerprint density at radius 1 is 1.14 bits per heavy atom. The number of hydrogen-bond acceptors (Lipinski definition) is 3. The van der Waals surface area contributed by atoms with Crippen LogP contribution < -0.4 is 5.32 Å². The van der Waals surface area contributed by atoms with Gasteiger partial charge in [0.2, 0.25) is 11.8 Å². The molecular formula is C16H28N2O4. The first-order valence-corrected chi connectivity index (χ1v) is 8.11. The molecular weight excluding hydrogens is 284 g/mol. The zero-order valence-electron chi connectivity index (χ0n) is 13.8. The third-order valence-corrected chi connectivity index (χ3v) is 4.38. The summed E-state index contributed by atoms with van der Waals surface area (Å²) >= 11 is 0. The number of carbonyl (C=O) groups excluding carboxylic acids is 2. The second kappa shape index (κ2) is 8.76. The molecule has 126 valence electrons. The standard InChI is InChI=1S/C16H28N2O4/c1-11(2)12(3)17-14(19)5-4-6-15(20)18-9-7-13(8-10-18)16(21)22/h11-13H,4-10H2,1-3H3,(H,17,19)(H,21,22). The maximum Gasteiger partial charge on any atom is 0.306 e. The Hall–Kier alpha value is -1.59. The minimum absolute atomic E-state index is 0.0152. The quantitative estimate of drug-likeness (QED) is 0.748. The van der Waals surface area contributed by atoms with Crippen LogP contribution in [0.1, 0.15) is 52.9 Å². The molecule has 0 aromatic rings. The zero-order chi connectivity index (χ0) is 16.7. The van der Waals surface area contributed by atoms with Crippen LogP contribution in [0.2, 0.25) is 0 Å². The zero-order valence-corrected chi connectivity index (χ0v) is 13.8. The van der Waals surface area contributed by atoms with Crippen molar-refractivity contribution in [1.29, 1.82) is 0 Å². The summed E-state index contributed by atoms with van der Waals surface area (Å²) in [5, 5.41) is 11.9. The maximum absolute atomic E-state index is 12.0. The van der Waals surface area contributed by atoms with Crippen LogP contribution in [0.25, 0.3) is 0 Å². The molecule has 0 aromatic carbocycles. The summed E-state index contributed by atoms with van der Waals surface area (Å²) in [6.07, 6.45) is 2.28. The fourth-order valence-corrected chi connectivity index (χ4v) is 2.43. The first-order valence-electron chi connectivity index (χ1n) is 8.11. The molecule has 1 heterocycles. The lowest BCUT2D eigenvalue weighted by molar-refractivity contribution is -0.145. The molecule has 0 saturated carbocycles. The molecule has 2 N–H and O–H groups in total. The molecule has 1 aliphatic rings. The van der Waals surface area contributed by atoms with Crippen LogP contribution in [0.5, 0.6) is 0 Å². The van der Waals surface area contributed by atoms with E-state index < -0.39 is 5.97 Å². The van der Waals surface area contributed by atoms with Crippen molar-refractivity contribution in [2.75, 3.05) is 13.1 Å². The van der Waals surface area contributed by atoms with Gasteiger partial charge in [-0.25, -0.2) is 0 Å². The van der Waals surface area contributed by atoms with Crippen LogP contribution in [0, 0.1) is 11.8 Å². The summed E-state index contributed by atoms with van der Waals surface area (Å²) in [4.78, 5) is 36.3. The summed E-state index contributed by atoms with van der Waals surface area (Å²) in [5.74, 6) is -0.705. The largest absolute Gasteiger partial charge is 0.481 e. The highest BCUT2D eigenvalue weighted by Crippen LogP contribution is 2.18. The average molecular weight is 312 g/mol. The molecule has 1 aliphatic heterocycles. The normalized spacial score (nSPS) is 17.4. The van der Waals surface area contributed by atoms with E-state index in [9.17, 15) is 14.4 Å². The number of carbonyl (C=O) groups is 3. The van der Waals surface area contributed by atoms with Gasteiger partial charge in [0.1, 0.15) is 0 Å². The summed E-state index contributed by atoms with van der Waals surface area (Å²) in [6.45, 7) is 7.09. The molecule has 1 unspecified atom stereocenters.